The second-order valence-electron chi connectivity index (χ2n) is 8.56. The molecule has 1 aliphatic carbocycles. The van der Waals surface area contributed by atoms with Gasteiger partial charge in [-0.1, -0.05) is 26.8 Å². The molecule has 1 aliphatic heterocycles. The standard InChI is InChI=1S/C19H24N2OS2/c1-12-15(24-16(20-12)14-6-5-7-23-14)17(22)21-11-19(4)9-13(21)8-18(2,3)10-19/h5-7,13H,8-11H2,1-4H3/t13-,19-/m0/s1. The zero-order chi connectivity index (χ0) is 17.1. The molecule has 4 rings (SSSR count). The third-order valence-corrected chi connectivity index (χ3v) is 7.58. The predicted molar refractivity (Wildman–Crippen MR) is 101 cm³/mol. The lowest BCUT2D eigenvalue weighted by Crippen LogP contribution is -2.37. The van der Waals surface area contributed by atoms with Crippen LogP contribution in [0.1, 0.15) is 55.4 Å². The number of hydrogen-bond acceptors (Lipinski definition) is 4. The zero-order valence-corrected chi connectivity index (χ0v) is 16.4. The second-order valence-corrected chi connectivity index (χ2v) is 10.5. The van der Waals surface area contributed by atoms with Gasteiger partial charge in [0.25, 0.3) is 5.91 Å². The molecule has 0 radical (unpaired) electrons. The number of likely N-dealkylation sites (tertiary alicyclic amines) is 1. The third kappa shape index (κ3) is 2.72. The van der Waals surface area contributed by atoms with E-state index in [9.17, 15) is 4.79 Å². The van der Waals surface area contributed by atoms with Crippen molar-refractivity contribution >= 4 is 28.6 Å². The Hall–Kier alpha value is -1.20. The molecular weight excluding hydrogens is 336 g/mol. The highest BCUT2D eigenvalue weighted by atomic mass is 32.1. The van der Waals surface area contributed by atoms with E-state index in [0.29, 0.717) is 11.5 Å². The van der Waals surface area contributed by atoms with Crippen LogP contribution in [0.2, 0.25) is 0 Å². The van der Waals surface area contributed by atoms with E-state index in [4.69, 9.17) is 0 Å². The number of carbonyl (C=O) groups is 1. The first-order chi connectivity index (χ1) is 11.3. The van der Waals surface area contributed by atoms with Crippen LogP contribution in [0.25, 0.3) is 9.88 Å². The minimum absolute atomic E-state index is 0.194. The lowest BCUT2D eigenvalue weighted by Gasteiger charge is -2.39. The number of amides is 1. The fraction of sp³-hybridized carbons (Fsp3) is 0.579. The summed E-state index contributed by atoms with van der Waals surface area (Å²) in [6, 6.07) is 4.49. The summed E-state index contributed by atoms with van der Waals surface area (Å²) >= 11 is 3.23. The molecule has 2 fully saturated rings. The van der Waals surface area contributed by atoms with Gasteiger partial charge in [-0.3, -0.25) is 4.79 Å². The molecule has 1 amide bonds. The van der Waals surface area contributed by atoms with Gasteiger partial charge in [0.15, 0.2) is 0 Å². The monoisotopic (exact) mass is 360 g/mol. The number of hydrogen-bond donors (Lipinski definition) is 0. The van der Waals surface area contributed by atoms with Gasteiger partial charge in [-0.25, -0.2) is 4.98 Å². The average Bonchev–Trinajstić information content (AvgIpc) is 3.15. The van der Waals surface area contributed by atoms with E-state index in [-0.39, 0.29) is 11.3 Å². The van der Waals surface area contributed by atoms with E-state index in [1.54, 1.807) is 22.7 Å². The maximum Gasteiger partial charge on any atom is 0.266 e. The summed E-state index contributed by atoms with van der Waals surface area (Å²) in [5.41, 5.74) is 1.48. The highest BCUT2D eigenvalue weighted by Crippen LogP contribution is 2.53. The number of thiophene rings is 1. The van der Waals surface area contributed by atoms with Crippen LogP contribution in [0.3, 0.4) is 0 Å². The van der Waals surface area contributed by atoms with E-state index in [1.165, 1.54) is 6.42 Å². The lowest BCUT2D eigenvalue weighted by molar-refractivity contribution is 0.0712. The summed E-state index contributed by atoms with van der Waals surface area (Å²) in [5, 5.41) is 3.03. The summed E-state index contributed by atoms with van der Waals surface area (Å²) in [4.78, 5) is 22.0. The molecule has 2 aliphatic rings. The van der Waals surface area contributed by atoms with Crippen LogP contribution < -0.4 is 0 Å². The Morgan fingerprint density at radius 2 is 2.12 bits per heavy atom. The van der Waals surface area contributed by atoms with Crippen molar-refractivity contribution in [1.29, 1.82) is 0 Å². The van der Waals surface area contributed by atoms with Crippen molar-refractivity contribution in [2.75, 3.05) is 6.54 Å². The van der Waals surface area contributed by atoms with Crippen LogP contribution in [0.5, 0.6) is 0 Å². The fourth-order valence-electron chi connectivity index (χ4n) is 4.93. The molecule has 2 aromatic rings. The maximum atomic E-state index is 13.2. The molecule has 2 bridgehead atoms. The largest absolute Gasteiger partial charge is 0.334 e. The van der Waals surface area contributed by atoms with E-state index in [1.807, 2.05) is 13.0 Å². The molecule has 5 heteroatoms. The van der Waals surface area contributed by atoms with Crippen LogP contribution >= 0.6 is 22.7 Å². The van der Waals surface area contributed by atoms with Crippen molar-refractivity contribution in [2.45, 2.75) is 53.0 Å². The van der Waals surface area contributed by atoms with Crippen LogP contribution in [0.15, 0.2) is 17.5 Å². The first-order valence-corrected chi connectivity index (χ1v) is 10.3. The number of fused-ring (bicyclic) bond motifs is 2. The molecule has 24 heavy (non-hydrogen) atoms. The van der Waals surface area contributed by atoms with Crippen LogP contribution in [-0.2, 0) is 0 Å². The molecule has 128 valence electrons. The molecule has 2 aromatic heterocycles. The van der Waals surface area contributed by atoms with Crippen molar-refractivity contribution in [3.05, 3.63) is 28.1 Å². The Morgan fingerprint density at radius 1 is 1.33 bits per heavy atom. The quantitative estimate of drug-likeness (QED) is 0.735. The van der Waals surface area contributed by atoms with Crippen LogP contribution in [0, 0.1) is 17.8 Å². The number of thiazole rings is 1. The lowest BCUT2D eigenvalue weighted by atomic mass is 9.65. The normalized spacial score (nSPS) is 28.3. The molecule has 0 N–H and O–H groups in total. The van der Waals surface area contributed by atoms with E-state index in [0.717, 1.165) is 39.8 Å². The Morgan fingerprint density at radius 3 is 2.83 bits per heavy atom. The highest BCUT2D eigenvalue weighted by Gasteiger charge is 2.51. The molecule has 1 saturated carbocycles. The first-order valence-electron chi connectivity index (χ1n) is 8.59. The molecule has 3 heterocycles. The molecular formula is C19H24N2OS2. The van der Waals surface area contributed by atoms with Gasteiger partial charge in [0, 0.05) is 12.6 Å². The van der Waals surface area contributed by atoms with Crippen molar-refractivity contribution in [3.8, 4) is 9.88 Å². The van der Waals surface area contributed by atoms with Crippen LogP contribution in [0.4, 0.5) is 0 Å². The van der Waals surface area contributed by atoms with Crippen molar-refractivity contribution < 1.29 is 4.79 Å². The molecule has 2 atom stereocenters. The third-order valence-electron chi connectivity index (χ3n) is 5.40. The molecule has 0 aromatic carbocycles. The number of aryl methyl sites for hydroxylation is 1. The number of carbonyl (C=O) groups excluding carboxylic acids is 1. The molecule has 0 unspecified atom stereocenters. The van der Waals surface area contributed by atoms with Gasteiger partial charge in [-0.2, -0.15) is 0 Å². The predicted octanol–water partition coefficient (Wildman–Crippen LogP) is 5.22. The minimum atomic E-state index is 0.194. The molecule has 0 spiro atoms. The van der Waals surface area contributed by atoms with Gasteiger partial charge < -0.3 is 4.90 Å². The Labute approximate surface area is 151 Å². The van der Waals surface area contributed by atoms with Gasteiger partial charge >= 0.3 is 0 Å². The number of nitrogens with zero attached hydrogens (tertiary/aromatic N) is 2. The van der Waals surface area contributed by atoms with Gasteiger partial charge in [-0.15, -0.1) is 22.7 Å². The SMILES string of the molecule is Cc1nc(-c2cccs2)sc1C(=O)N1C[C@@]2(C)C[C@@H]1CC(C)(C)C2. The summed E-state index contributed by atoms with van der Waals surface area (Å²) < 4.78 is 0. The zero-order valence-electron chi connectivity index (χ0n) is 14.8. The van der Waals surface area contributed by atoms with Gasteiger partial charge in [-0.05, 0) is 48.5 Å². The maximum absolute atomic E-state index is 13.2. The number of aromatic nitrogens is 1. The van der Waals surface area contributed by atoms with Gasteiger partial charge in [0.1, 0.15) is 9.88 Å². The minimum Gasteiger partial charge on any atom is -0.334 e. The van der Waals surface area contributed by atoms with Crippen molar-refractivity contribution in [3.63, 3.8) is 0 Å². The van der Waals surface area contributed by atoms with E-state index >= 15 is 0 Å². The van der Waals surface area contributed by atoms with Gasteiger partial charge in [0.2, 0.25) is 0 Å². The van der Waals surface area contributed by atoms with Gasteiger partial charge in [0.05, 0.1) is 10.6 Å². The summed E-state index contributed by atoms with van der Waals surface area (Å²) in [6.45, 7) is 9.90. The highest BCUT2D eigenvalue weighted by molar-refractivity contribution is 7.22. The second kappa shape index (κ2) is 5.40. The van der Waals surface area contributed by atoms with E-state index < -0.39 is 0 Å². The van der Waals surface area contributed by atoms with E-state index in [2.05, 4.69) is 42.1 Å². The summed E-state index contributed by atoms with van der Waals surface area (Å²) in [5.74, 6) is 0.194. The molecule has 3 nitrogen and oxygen atoms in total. The fourth-order valence-corrected chi connectivity index (χ4v) is 6.75. The Kier molecular flexibility index (Phi) is 3.66. The van der Waals surface area contributed by atoms with Crippen molar-refractivity contribution in [2.24, 2.45) is 10.8 Å². The Bertz CT molecular complexity index is 777. The molecule has 1 saturated heterocycles. The Balaban J connectivity index is 1.63. The number of rotatable bonds is 2. The first kappa shape index (κ1) is 16.3. The summed E-state index contributed by atoms with van der Waals surface area (Å²) in [7, 11) is 0. The smallest absolute Gasteiger partial charge is 0.266 e. The topological polar surface area (TPSA) is 33.2 Å². The van der Waals surface area contributed by atoms with Crippen molar-refractivity contribution in [1.82, 2.24) is 9.88 Å². The average molecular weight is 361 g/mol. The van der Waals surface area contributed by atoms with Crippen LogP contribution in [-0.4, -0.2) is 28.4 Å². The summed E-state index contributed by atoms with van der Waals surface area (Å²) in [6.07, 6.45) is 3.48.